The van der Waals surface area contributed by atoms with Crippen molar-refractivity contribution in [1.82, 2.24) is 15.2 Å². The fourth-order valence-corrected chi connectivity index (χ4v) is 3.08. The summed E-state index contributed by atoms with van der Waals surface area (Å²) in [7, 11) is 1.64. The van der Waals surface area contributed by atoms with Crippen LogP contribution in [0.1, 0.15) is 16.9 Å². The van der Waals surface area contributed by atoms with Gasteiger partial charge in [-0.05, 0) is 54.4 Å². The number of pyridine rings is 1. The summed E-state index contributed by atoms with van der Waals surface area (Å²) in [6.45, 7) is 3.98. The van der Waals surface area contributed by atoms with E-state index >= 15 is 0 Å². The highest BCUT2D eigenvalue weighted by atomic mass is 32.1. The Hall–Kier alpha value is -2.64. The molecule has 0 atom stereocenters. The third-order valence-electron chi connectivity index (χ3n) is 4.24. The zero-order chi connectivity index (χ0) is 19.2. The molecule has 7 heteroatoms. The number of hydrogen-bond acceptors (Lipinski definition) is 4. The van der Waals surface area contributed by atoms with Crippen molar-refractivity contribution in [2.45, 2.75) is 20.0 Å². The Morgan fingerprint density at radius 1 is 1.30 bits per heavy atom. The molecule has 27 heavy (non-hydrogen) atoms. The Labute approximate surface area is 163 Å². The first-order valence-electron chi connectivity index (χ1n) is 8.73. The Morgan fingerprint density at radius 2 is 2.15 bits per heavy atom. The summed E-state index contributed by atoms with van der Waals surface area (Å²) < 4.78 is 10.5. The topological polar surface area (TPSA) is 70.5 Å². The SMILES string of the molecule is COCCNC(=S)N(Cc1ccco1)Cc1cc2ccc(C)cc2[nH]c1=O. The molecule has 142 valence electrons. The number of fused-ring (bicyclic) bond motifs is 1. The standard InChI is InChI=1S/C20H23N3O3S/c1-14-5-6-15-11-16(19(24)22-18(15)10-14)12-23(13-17-4-3-8-26-17)20(27)21-7-9-25-2/h3-6,8,10-11H,7,9,12-13H2,1-2H3,(H,21,27)(H,22,24). The van der Waals surface area contributed by atoms with Crippen molar-refractivity contribution in [2.75, 3.05) is 20.3 Å². The molecule has 0 amide bonds. The van der Waals surface area contributed by atoms with Crippen LogP contribution in [0.2, 0.25) is 0 Å². The smallest absolute Gasteiger partial charge is 0.253 e. The van der Waals surface area contributed by atoms with E-state index in [-0.39, 0.29) is 5.56 Å². The first-order chi connectivity index (χ1) is 13.1. The predicted molar refractivity (Wildman–Crippen MR) is 110 cm³/mol. The van der Waals surface area contributed by atoms with Gasteiger partial charge in [0.05, 0.1) is 26.0 Å². The van der Waals surface area contributed by atoms with E-state index in [0.717, 1.165) is 22.2 Å². The maximum absolute atomic E-state index is 12.6. The summed E-state index contributed by atoms with van der Waals surface area (Å²) in [5, 5.41) is 4.70. The quantitative estimate of drug-likeness (QED) is 0.481. The fourth-order valence-electron chi connectivity index (χ4n) is 2.85. The van der Waals surface area contributed by atoms with E-state index in [9.17, 15) is 4.79 Å². The zero-order valence-corrected chi connectivity index (χ0v) is 16.3. The average Bonchev–Trinajstić information content (AvgIpc) is 3.15. The molecule has 2 aromatic heterocycles. The molecule has 0 radical (unpaired) electrons. The van der Waals surface area contributed by atoms with E-state index in [0.29, 0.717) is 36.9 Å². The van der Waals surface area contributed by atoms with Crippen molar-refractivity contribution < 1.29 is 9.15 Å². The van der Waals surface area contributed by atoms with Gasteiger partial charge in [0.25, 0.3) is 5.56 Å². The van der Waals surface area contributed by atoms with Gasteiger partial charge in [0, 0.05) is 24.7 Å². The van der Waals surface area contributed by atoms with Crippen LogP contribution in [0.15, 0.2) is 51.9 Å². The molecule has 3 rings (SSSR count). The third kappa shape index (κ3) is 4.96. The van der Waals surface area contributed by atoms with E-state index in [1.165, 1.54) is 0 Å². The minimum absolute atomic E-state index is 0.114. The molecule has 0 unspecified atom stereocenters. The van der Waals surface area contributed by atoms with Crippen LogP contribution in [0, 0.1) is 6.92 Å². The lowest BCUT2D eigenvalue weighted by atomic mass is 10.1. The maximum Gasteiger partial charge on any atom is 0.253 e. The Morgan fingerprint density at radius 3 is 2.89 bits per heavy atom. The molecular formula is C20H23N3O3S. The Kier molecular flexibility index (Phi) is 6.26. The molecular weight excluding hydrogens is 362 g/mol. The number of furan rings is 1. The highest BCUT2D eigenvalue weighted by Gasteiger charge is 2.15. The van der Waals surface area contributed by atoms with Crippen LogP contribution in [0.3, 0.4) is 0 Å². The predicted octanol–water partition coefficient (Wildman–Crippen LogP) is 2.95. The number of thiocarbonyl (C=S) groups is 1. The number of aromatic nitrogens is 1. The van der Waals surface area contributed by atoms with Crippen LogP contribution in [-0.2, 0) is 17.8 Å². The van der Waals surface area contributed by atoms with E-state index in [1.807, 2.05) is 48.2 Å². The van der Waals surface area contributed by atoms with Gasteiger partial charge in [-0.3, -0.25) is 4.79 Å². The Balaban J connectivity index is 1.85. The molecule has 0 aliphatic carbocycles. The van der Waals surface area contributed by atoms with Crippen LogP contribution in [0.25, 0.3) is 10.9 Å². The van der Waals surface area contributed by atoms with Crippen LogP contribution >= 0.6 is 12.2 Å². The number of methoxy groups -OCH3 is 1. The van der Waals surface area contributed by atoms with Crippen molar-refractivity contribution in [2.24, 2.45) is 0 Å². The second kappa shape index (κ2) is 8.83. The van der Waals surface area contributed by atoms with Crippen molar-refractivity contribution in [3.05, 3.63) is 69.9 Å². The lowest BCUT2D eigenvalue weighted by Gasteiger charge is -2.25. The van der Waals surface area contributed by atoms with E-state index < -0.39 is 0 Å². The van der Waals surface area contributed by atoms with Crippen LogP contribution < -0.4 is 10.9 Å². The summed E-state index contributed by atoms with van der Waals surface area (Å²) >= 11 is 5.52. The number of nitrogens with one attached hydrogen (secondary N) is 2. The first-order valence-corrected chi connectivity index (χ1v) is 9.14. The number of nitrogens with zero attached hydrogens (tertiary/aromatic N) is 1. The molecule has 0 aliphatic rings. The van der Waals surface area contributed by atoms with Gasteiger partial charge in [0.2, 0.25) is 0 Å². The normalized spacial score (nSPS) is 10.9. The highest BCUT2D eigenvalue weighted by Crippen LogP contribution is 2.15. The van der Waals surface area contributed by atoms with Gasteiger partial charge < -0.3 is 24.4 Å². The van der Waals surface area contributed by atoms with Crippen LogP contribution in [-0.4, -0.2) is 35.3 Å². The summed E-state index contributed by atoms with van der Waals surface area (Å²) in [5.74, 6) is 0.777. The number of aromatic amines is 1. The van der Waals surface area contributed by atoms with Crippen molar-refractivity contribution in [3.63, 3.8) is 0 Å². The van der Waals surface area contributed by atoms with Gasteiger partial charge >= 0.3 is 0 Å². The lowest BCUT2D eigenvalue weighted by Crippen LogP contribution is -2.41. The van der Waals surface area contributed by atoms with Gasteiger partial charge in [0.15, 0.2) is 5.11 Å². The number of H-pyrrole nitrogens is 1. The molecule has 0 saturated carbocycles. The minimum Gasteiger partial charge on any atom is -0.467 e. The number of benzene rings is 1. The van der Waals surface area contributed by atoms with Gasteiger partial charge in [-0.2, -0.15) is 0 Å². The van der Waals surface area contributed by atoms with Crippen LogP contribution in [0.5, 0.6) is 0 Å². The largest absolute Gasteiger partial charge is 0.467 e. The molecule has 0 spiro atoms. The monoisotopic (exact) mass is 385 g/mol. The number of aryl methyl sites for hydroxylation is 1. The van der Waals surface area contributed by atoms with E-state index in [2.05, 4.69) is 10.3 Å². The van der Waals surface area contributed by atoms with Gasteiger partial charge in [-0.25, -0.2) is 0 Å². The van der Waals surface area contributed by atoms with Crippen molar-refractivity contribution in [1.29, 1.82) is 0 Å². The maximum atomic E-state index is 12.6. The number of hydrogen-bond donors (Lipinski definition) is 2. The van der Waals surface area contributed by atoms with Crippen LogP contribution in [0.4, 0.5) is 0 Å². The van der Waals surface area contributed by atoms with E-state index in [1.54, 1.807) is 13.4 Å². The molecule has 0 aliphatic heterocycles. The van der Waals surface area contributed by atoms with Crippen molar-refractivity contribution >= 4 is 28.2 Å². The molecule has 2 heterocycles. The molecule has 1 aromatic carbocycles. The number of ether oxygens (including phenoxy) is 1. The average molecular weight is 385 g/mol. The van der Waals surface area contributed by atoms with Gasteiger partial charge in [-0.15, -0.1) is 0 Å². The first kappa shape index (κ1) is 19.1. The second-order valence-electron chi connectivity index (χ2n) is 6.37. The number of rotatable bonds is 7. The van der Waals surface area contributed by atoms with Gasteiger partial charge in [-0.1, -0.05) is 12.1 Å². The van der Waals surface area contributed by atoms with Gasteiger partial charge in [0.1, 0.15) is 5.76 Å². The molecule has 6 nitrogen and oxygen atoms in total. The molecule has 0 fully saturated rings. The molecule has 0 saturated heterocycles. The summed E-state index contributed by atoms with van der Waals surface area (Å²) in [5.41, 5.74) is 2.47. The molecule has 2 N–H and O–H groups in total. The molecule has 3 aromatic rings. The Bertz CT molecular complexity index is 966. The minimum atomic E-state index is -0.114. The zero-order valence-electron chi connectivity index (χ0n) is 15.5. The lowest BCUT2D eigenvalue weighted by molar-refractivity contribution is 0.202. The third-order valence-corrected chi connectivity index (χ3v) is 4.64. The molecule has 0 bridgehead atoms. The summed E-state index contributed by atoms with van der Waals surface area (Å²) in [6.07, 6.45) is 1.63. The summed E-state index contributed by atoms with van der Waals surface area (Å²) in [4.78, 5) is 17.5. The highest BCUT2D eigenvalue weighted by molar-refractivity contribution is 7.80. The van der Waals surface area contributed by atoms with E-state index in [4.69, 9.17) is 21.4 Å². The fraction of sp³-hybridized carbons (Fsp3) is 0.300. The second-order valence-corrected chi connectivity index (χ2v) is 6.76. The van der Waals surface area contributed by atoms with Crippen molar-refractivity contribution in [3.8, 4) is 0 Å². The summed E-state index contributed by atoms with van der Waals surface area (Å²) in [6, 6.07) is 11.6.